The fourth-order valence-electron chi connectivity index (χ4n) is 3.57. The number of fused-ring (bicyclic) bond motifs is 1. The summed E-state index contributed by atoms with van der Waals surface area (Å²) in [5.41, 5.74) is 0.512. The van der Waals surface area contributed by atoms with E-state index in [9.17, 15) is 14.4 Å². The number of thioether (sulfide) groups is 1. The van der Waals surface area contributed by atoms with E-state index in [4.69, 9.17) is 9.47 Å². The normalized spacial score (nSPS) is 14.2. The Hall–Kier alpha value is -2.59. The van der Waals surface area contributed by atoms with Crippen LogP contribution in [0.4, 0.5) is 4.79 Å². The van der Waals surface area contributed by atoms with Crippen LogP contribution in [0.3, 0.4) is 0 Å². The Morgan fingerprint density at radius 2 is 1.82 bits per heavy atom. The summed E-state index contributed by atoms with van der Waals surface area (Å²) in [6.07, 6.45) is 0.465. The number of rotatable bonds is 9. The number of hydrogen-bond donors (Lipinski definition) is 0. The van der Waals surface area contributed by atoms with Crippen molar-refractivity contribution in [3.8, 4) is 0 Å². The molecule has 180 valence electrons. The third kappa shape index (κ3) is 6.70. The highest BCUT2D eigenvalue weighted by molar-refractivity contribution is 7.99. The van der Waals surface area contributed by atoms with Crippen molar-refractivity contribution in [2.45, 2.75) is 45.0 Å². The van der Waals surface area contributed by atoms with Gasteiger partial charge in [0.05, 0.1) is 29.4 Å². The first kappa shape index (κ1) is 25.0. The van der Waals surface area contributed by atoms with Crippen LogP contribution in [-0.2, 0) is 20.8 Å². The second-order valence-electron chi connectivity index (χ2n) is 8.00. The van der Waals surface area contributed by atoms with Crippen molar-refractivity contribution in [2.24, 2.45) is 0 Å². The lowest BCUT2D eigenvalue weighted by Gasteiger charge is -2.34. The van der Waals surface area contributed by atoms with Crippen LogP contribution in [0.5, 0.6) is 0 Å². The predicted molar refractivity (Wildman–Crippen MR) is 128 cm³/mol. The molecular formula is C23H32N4O5S. The second-order valence-corrected chi connectivity index (χ2v) is 8.94. The lowest BCUT2D eigenvalue weighted by Crippen LogP contribution is -2.51. The summed E-state index contributed by atoms with van der Waals surface area (Å²) >= 11 is 1.27. The molecule has 3 rings (SSSR count). The van der Waals surface area contributed by atoms with E-state index >= 15 is 0 Å². The molecule has 33 heavy (non-hydrogen) atoms. The molecule has 0 spiro atoms. The number of aromatic nitrogens is 2. The quantitative estimate of drug-likeness (QED) is 0.312. The molecule has 1 aliphatic heterocycles. The number of ether oxygens (including phenoxy) is 2. The van der Waals surface area contributed by atoms with Crippen molar-refractivity contribution < 1.29 is 19.1 Å². The van der Waals surface area contributed by atoms with Gasteiger partial charge < -0.3 is 19.3 Å². The Morgan fingerprint density at radius 1 is 1.12 bits per heavy atom. The van der Waals surface area contributed by atoms with Gasteiger partial charge in [0.15, 0.2) is 5.16 Å². The number of para-hydroxylation sites is 1. The third-order valence-electron chi connectivity index (χ3n) is 5.29. The Kier molecular flexibility index (Phi) is 9.13. The summed E-state index contributed by atoms with van der Waals surface area (Å²) in [4.78, 5) is 45.8. The summed E-state index contributed by atoms with van der Waals surface area (Å²) in [5, 5.41) is 1.09. The van der Waals surface area contributed by atoms with Crippen molar-refractivity contribution >= 4 is 34.7 Å². The van der Waals surface area contributed by atoms with Crippen LogP contribution >= 0.6 is 11.8 Å². The average Bonchev–Trinajstić information content (AvgIpc) is 2.81. The number of carbonyl (C=O) groups excluding carboxylic acids is 2. The average molecular weight is 477 g/mol. The van der Waals surface area contributed by atoms with E-state index in [1.54, 1.807) is 27.4 Å². The molecule has 0 bridgehead atoms. The van der Waals surface area contributed by atoms with Crippen molar-refractivity contribution in [3.63, 3.8) is 0 Å². The summed E-state index contributed by atoms with van der Waals surface area (Å²) in [7, 11) is 0. The van der Waals surface area contributed by atoms with Gasteiger partial charge in [0, 0.05) is 39.3 Å². The highest BCUT2D eigenvalue weighted by Gasteiger charge is 2.25. The molecule has 2 aromatic rings. The smallest absolute Gasteiger partial charge is 0.409 e. The molecule has 9 nitrogen and oxygen atoms in total. The van der Waals surface area contributed by atoms with Crippen LogP contribution in [-0.4, -0.2) is 82.6 Å². The number of hydrogen-bond acceptors (Lipinski definition) is 7. The van der Waals surface area contributed by atoms with Gasteiger partial charge in [-0.2, -0.15) is 0 Å². The zero-order chi connectivity index (χ0) is 23.8. The molecule has 0 radical (unpaired) electrons. The zero-order valence-electron chi connectivity index (χ0n) is 19.5. The topological polar surface area (TPSA) is 94.0 Å². The number of benzene rings is 1. The molecule has 10 heteroatoms. The Balaban J connectivity index is 1.66. The van der Waals surface area contributed by atoms with Crippen molar-refractivity contribution in [1.82, 2.24) is 19.4 Å². The van der Waals surface area contributed by atoms with Crippen molar-refractivity contribution in [3.05, 3.63) is 34.6 Å². The van der Waals surface area contributed by atoms with Crippen LogP contribution < -0.4 is 5.56 Å². The first-order chi connectivity index (χ1) is 15.9. The lowest BCUT2D eigenvalue weighted by molar-refractivity contribution is -0.129. The van der Waals surface area contributed by atoms with Gasteiger partial charge in [0.1, 0.15) is 0 Å². The molecule has 0 aliphatic carbocycles. The van der Waals surface area contributed by atoms with E-state index in [0.717, 1.165) is 0 Å². The van der Waals surface area contributed by atoms with Crippen LogP contribution in [0, 0.1) is 0 Å². The lowest BCUT2D eigenvalue weighted by atomic mass is 10.2. The summed E-state index contributed by atoms with van der Waals surface area (Å²) in [5.74, 6) is 0.132. The SMILES string of the molecule is CCOC(=O)N1CCN(C(=O)CSc2nc3ccccc3c(=O)n2CCCOC(C)C)CC1. The largest absolute Gasteiger partial charge is 0.450 e. The molecule has 2 heterocycles. The minimum absolute atomic E-state index is 0.0411. The Morgan fingerprint density at radius 3 is 2.52 bits per heavy atom. The van der Waals surface area contributed by atoms with Crippen LogP contribution in [0.1, 0.15) is 27.2 Å². The molecule has 2 amide bonds. The fraction of sp³-hybridized carbons (Fsp3) is 0.565. The fourth-order valence-corrected chi connectivity index (χ4v) is 4.50. The van der Waals surface area contributed by atoms with Gasteiger partial charge in [0.25, 0.3) is 5.56 Å². The molecule has 1 aromatic heterocycles. The van der Waals surface area contributed by atoms with Crippen LogP contribution in [0.15, 0.2) is 34.2 Å². The van der Waals surface area contributed by atoms with Gasteiger partial charge in [-0.3, -0.25) is 14.2 Å². The van der Waals surface area contributed by atoms with Crippen molar-refractivity contribution in [1.29, 1.82) is 0 Å². The van der Waals surface area contributed by atoms with Gasteiger partial charge in [0.2, 0.25) is 5.91 Å². The van der Waals surface area contributed by atoms with Gasteiger partial charge in [-0.05, 0) is 39.3 Å². The van der Waals surface area contributed by atoms with E-state index < -0.39 is 0 Å². The first-order valence-electron chi connectivity index (χ1n) is 11.3. The van der Waals surface area contributed by atoms with Gasteiger partial charge >= 0.3 is 6.09 Å². The van der Waals surface area contributed by atoms with E-state index in [0.29, 0.717) is 68.4 Å². The Bertz CT molecular complexity index is 1020. The number of amides is 2. The standard InChI is InChI=1S/C23H32N4O5S/c1-4-31-23(30)26-13-11-25(12-14-26)20(28)16-33-22-24-19-9-6-5-8-18(19)21(29)27(22)10-7-15-32-17(2)3/h5-6,8-9,17H,4,7,10-16H2,1-3H3. The second kappa shape index (κ2) is 12.0. The number of piperazine rings is 1. The summed E-state index contributed by atoms with van der Waals surface area (Å²) < 4.78 is 12.3. The van der Waals surface area contributed by atoms with E-state index in [1.807, 2.05) is 32.0 Å². The molecule has 0 unspecified atom stereocenters. The molecule has 1 saturated heterocycles. The highest BCUT2D eigenvalue weighted by Crippen LogP contribution is 2.19. The maximum atomic E-state index is 13.1. The number of nitrogens with zero attached hydrogens (tertiary/aromatic N) is 4. The maximum Gasteiger partial charge on any atom is 0.409 e. The molecule has 1 fully saturated rings. The predicted octanol–water partition coefficient (Wildman–Crippen LogP) is 2.60. The minimum Gasteiger partial charge on any atom is -0.450 e. The minimum atomic E-state index is -0.343. The molecular weight excluding hydrogens is 444 g/mol. The highest BCUT2D eigenvalue weighted by atomic mass is 32.2. The zero-order valence-corrected chi connectivity index (χ0v) is 20.3. The molecule has 1 aliphatic rings. The van der Waals surface area contributed by atoms with Crippen LogP contribution in [0.25, 0.3) is 10.9 Å². The third-order valence-corrected chi connectivity index (χ3v) is 6.25. The molecule has 1 aromatic carbocycles. The van der Waals surface area contributed by atoms with Gasteiger partial charge in [-0.15, -0.1) is 0 Å². The summed E-state index contributed by atoms with van der Waals surface area (Å²) in [6.45, 7) is 8.89. The Labute approximate surface area is 198 Å². The van der Waals surface area contributed by atoms with E-state index in [-0.39, 0.29) is 29.4 Å². The van der Waals surface area contributed by atoms with Gasteiger partial charge in [-0.1, -0.05) is 23.9 Å². The number of carbonyl (C=O) groups is 2. The molecule has 0 atom stereocenters. The molecule has 0 saturated carbocycles. The van der Waals surface area contributed by atoms with Crippen LogP contribution in [0.2, 0.25) is 0 Å². The maximum absolute atomic E-state index is 13.1. The molecule has 0 N–H and O–H groups in total. The van der Waals surface area contributed by atoms with Gasteiger partial charge in [-0.25, -0.2) is 9.78 Å². The van der Waals surface area contributed by atoms with E-state index in [2.05, 4.69) is 4.98 Å². The van der Waals surface area contributed by atoms with Crippen molar-refractivity contribution in [2.75, 3.05) is 45.1 Å². The van der Waals surface area contributed by atoms with E-state index in [1.165, 1.54) is 11.8 Å². The monoisotopic (exact) mass is 476 g/mol. The summed E-state index contributed by atoms with van der Waals surface area (Å²) in [6, 6.07) is 7.25. The first-order valence-corrected chi connectivity index (χ1v) is 12.3.